The number of amides is 1. The Hall–Kier alpha value is -1.35. The number of carbonyl (C=O) groups excluding carboxylic acids is 1. The lowest BCUT2D eigenvalue weighted by molar-refractivity contribution is -0.125. The summed E-state index contributed by atoms with van der Waals surface area (Å²) in [6.45, 7) is 7.41. The van der Waals surface area contributed by atoms with Gasteiger partial charge in [0.2, 0.25) is 5.91 Å². The Morgan fingerprint density at radius 1 is 1.24 bits per heavy atom. The van der Waals surface area contributed by atoms with E-state index < -0.39 is 5.41 Å². The molecule has 1 aromatic rings. The summed E-state index contributed by atoms with van der Waals surface area (Å²) in [6, 6.07) is 8.03. The Morgan fingerprint density at radius 2 is 1.88 bits per heavy atom. The second-order valence-electron chi connectivity index (χ2n) is 4.80. The molecule has 3 heteroatoms. The van der Waals surface area contributed by atoms with Crippen LogP contribution in [0.25, 0.3) is 0 Å². The van der Waals surface area contributed by atoms with E-state index >= 15 is 0 Å². The fourth-order valence-corrected chi connectivity index (χ4v) is 1.92. The minimum absolute atomic E-state index is 0.0713. The van der Waals surface area contributed by atoms with Gasteiger partial charge in [-0.25, -0.2) is 0 Å². The number of nitrogens with one attached hydrogen (secondary N) is 2. The lowest BCUT2D eigenvalue weighted by Crippen LogP contribution is -2.42. The molecule has 0 spiro atoms. The van der Waals surface area contributed by atoms with Gasteiger partial charge >= 0.3 is 0 Å². The third-order valence-electron chi connectivity index (χ3n) is 3.05. The summed E-state index contributed by atoms with van der Waals surface area (Å²) < 4.78 is 0. The van der Waals surface area contributed by atoms with Crippen molar-refractivity contribution < 1.29 is 4.79 Å². The first kappa shape index (κ1) is 13.7. The van der Waals surface area contributed by atoms with E-state index in [0.717, 1.165) is 17.7 Å². The molecule has 0 unspecified atom stereocenters. The first-order valence-electron chi connectivity index (χ1n) is 5.99. The van der Waals surface area contributed by atoms with E-state index in [1.165, 1.54) is 0 Å². The molecule has 0 bridgehead atoms. The van der Waals surface area contributed by atoms with E-state index in [1.54, 1.807) is 0 Å². The normalized spacial score (nSPS) is 11.3. The molecule has 2 N–H and O–H groups in total. The first-order chi connectivity index (χ1) is 8.00. The highest BCUT2D eigenvalue weighted by Gasteiger charge is 2.30. The third kappa shape index (κ3) is 3.30. The minimum atomic E-state index is -0.487. The third-order valence-corrected chi connectivity index (χ3v) is 3.05. The van der Waals surface area contributed by atoms with Gasteiger partial charge < -0.3 is 10.6 Å². The number of aryl methyl sites for hydroxylation is 1. The molecule has 0 heterocycles. The highest BCUT2D eigenvalue weighted by atomic mass is 16.2. The Labute approximate surface area is 104 Å². The maximum absolute atomic E-state index is 12.2. The van der Waals surface area contributed by atoms with Gasteiger partial charge in [-0.15, -0.1) is 0 Å². The van der Waals surface area contributed by atoms with Crippen LogP contribution in [0.3, 0.4) is 0 Å². The Bertz CT molecular complexity index is 386. The predicted octanol–water partition coefficient (Wildman–Crippen LogP) is 1.61. The molecular weight excluding hydrogens is 212 g/mol. The van der Waals surface area contributed by atoms with Crippen molar-refractivity contribution in [1.29, 1.82) is 0 Å². The molecule has 0 atom stereocenters. The van der Waals surface area contributed by atoms with Crippen LogP contribution in [0.2, 0.25) is 0 Å². The summed E-state index contributed by atoms with van der Waals surface area (Å²) in [5, 5.41) is 5.96. The average molecular weight is 234 g/mol. The fourth-order valence-electron chi connectivity index (χ4n) is 1.92. The van der Waals surface area contributed by atoms with Crippen molar-refractivity contribution in [3.8, 4) is 0 Å². The smallest absolute Gasteiger partial charge is 0.230 e. The summed E-state index contributed by atoms with van der Waals surface area (Å²) in [6.07, 6.45) is 0. The van der Waals surface area contributed by atoms with E-state index in [1.807, 2.05) is 52.1 Å². The Morgan fingerprint density at radius 3 is 2.47 bits per heavy atom. The molecule has 1 aromatic carbocycles. The van der Waals surface area contributed by atoms with Gasteiger partial charge in [-0.05, 0) is 38.9 Å². The molecule has 0 fully saturated rings. The summed E-state index contributed by atoms with van der Waals surface area (Å²) in [5.41, 5.74) is 1.75. The molecular formula is C14H22N2O. The van der Waals surface area contributed by atoms with Crippen molar-refractivity contribution in [2.24, 2.45) is 0 Å². The molecule has 0 aliphatic carbocycles. The first-order valence-corrected chi connectivity index (χ1v) is 5.99. The number of rotatable bonds is 5. The fraction of sp³-hybridized carbons (Fsp3) is 0.500. The van der Waals surface area contributed by atoms with Gasteiger partial charge in [-0.3, -0.25) is 4.79 Å². The van der Waals surface area contributed by atoms with Crippen LogP contribution in [0.1, 0.15) is 25.0 Å². The number of hydrogen-bond acceptors (Lipinski definition) is 2. The molecule has 17 heavy (non-hydrogen) atoms. The maximum Gasteiger partial charge on any atom is 0.230 e. The molecule has 3 nitrogen and oxygen atoms in total. The topological polar surface area (TPSA) is 41.1 Å². The molecule has 0 aromatic heterocycles. The van der Waals surface area contributed by atoms with E-state index in [2.05, 4.69) is 10.6 Å². The van der Waals surface area contributed by atoms with Crippen LogP contribution in [-0.4, -0.2) is 26.0 Å². The second kappa shape index (κ2) is 5.82. The highest BCUT2D eigenvalue weighted by Crippen LogP contribution is 2.26. The van der Waals surface area contributed by atoms with Crippen LogP contribution in [-0.2, 0) is 10.2 Å². The van der Waals surface area contributed by atoms with Crippen molar-refractivity contribution in [3.63, 3.8) is 0 Å². The van der Waals surface area contributed by atoms with Gasteiger partial charge in [-0.1, -0.05) is 24.3 Å². The summed E-state index contributed by atoms with van der Waals surface area (Å²) in [5.74, 6) is 0.0713. The monoisotopic (exact) mass is 234 g/mol. The predicted molar refractivity (Wildman–Crippen MR) is 71.1 cm³/mol. The van der Waals surface area contributed by atoms with Crippen molar-refractivity contribution in [3.05, 3.63) is 35.4 Å². The molecule has 1 amide bonds. The standard InChI is InChI=1S/C14H22N2O/c1-11-7-5-6-8-12(11)14(2,3)13(17)16-10-9-15-4/h5-8,15H,9-10H2,1-4H3,(H,16,17). The lowest BCUT2D eigenvalue weighted by atomic mass is 9.81. The molecule has 1 rings (SSSR count). The van der Waals surface area contributed by atoms with E-state index in [0.29, 0.717) is 6.54 Å². The molecule has 0 radical (unpaired) electrons. The number of benzene rings is 1. The SMILES string of the molecule is CNCCNC(=O)C(C)(C)c1ccccc1C. The van der Waals surface area contributed by atoms with Gasteiger partial charge in [0, 0.05) is 13.1 Å². The summed E-state index contributed by atoms with van der Waals surface area (Å²) in [4.78, 5) is 12.2. The van der Waals surface area contributed by atoms with Gasteiger partial charge in [0.1, 0.15) is 0 Å². The number of likely N-dealkylation sites (N-methyl/N-ethyl adjacent to an activating group) is 1. The molecule has 0 aliphatic rings. The maximum atomic E-state index is 12.2. The average Bonchev–Trinajstić information content (AvgIpc) is 2.29. The Kier molecular flexibility index (Phi) is 4.70. The van der Waals surface area contributed by atoms with E-state index in [-0.39, 0.29) is 5.91 Å². The lowest BCUT2D eigenvalue weighted by Gasteiger charge is -2.26. The van der Waals surface area contributed by atoms with Crippen molar-refractivity contribution >= 4 is 5.91 Å². The van der Waals surface area contributed by atoms with Gasteiger partial charge in [-0.2, -0.15) is 0 Å². The quantitative estimate of drug-likeness (QED) is 0.760. The van der Waals surface area contributed by atoms with E-state index in [4.69, 9.17) is 0 Å². The number of carbonyl (C=O) groups is 1. The Balaban J connectivity index is 2.80. The van der Waals surface area contributed by atoms with E-state index in [9.17, 15) is 4.79 Å². The zero-order valence-electron chi connectivity index (χ0n) is 11.1. The van der Waals surface area contributed by atoms with Gasteiger partial charge in [0.25, 0.3) is 0 Å². The van der Waals surface area contributed by atoms with Crippen LogP contribution in [0, 0.1) is 6.92 Å². The van der Waals surface area contributed by atoms with Crippen molar-refractivity contribution in [1.82, 2.24) is 10.6 Å². The zero-order valence-corrected chi connectivity index (χ0v) is 11.1. The molecule has 94 valence electrons. The summed E-state index contributed by atoms with van der Waals surface area (Å²) in [7, 11) is 1.87. The molecule has 0 saturated carbocycles. The zero-order chi connectivity index (χ0) is 12.9. The van der Waals surface area contributed by atoms with Crippen molar-refractivity contribution in [2.45, 2.75) is 26.2 Å². The highest BCUT2D eigenvalue weighted by molar-refractivity contribution is 5.87. The van der Waals surface area contributed by atoms with Crippen LogP contribution >= 0.6 is 0 Å². The van der Waals surface area contributed by atoms with Gasteiger partial charge in [0.15, 0.2) is 0 Å². The second-order valence-corrected chi connectivity index (χ2v) is 4.80. The molecule has 0 aliphatic heterocycles. The van der Waals surface area contributed by atoms with Crippen LogP contribution in [0.15, 0.2) is 24.3 Å². The minimum Gasteiger partial charge on any atom is -0.354 e. The summed E-state index contributed by atoms with van der Waals surface area (Å²) >= 11 is 0. The molecule has 0 saturated heterocycles. The van der Waals surface area contributed by atoms with Crippen LogP contribution in [0.5, 0.6) is 0 Å². The van der Waals surface area contributed by atoms with Crippen molar-refractivity contribution in [2.75, 3.05) is 20.1 Å². The largest absolute Gasteiger partial charge is 0.354 e. The van der Waals surface area contributed by atoms with Crippen LogP contribution in [0.4, 0.5) is 0 Å². The van der Waals surface area contributed by atoms with Crippen LogP contribution < -0.4 is 10.6 Å². The van der Waals surface area contributed by atoms with Gasteiger partial charge in [0.05, 0.1) is 5.41 Å². The number of hydrogen-bond donors (Lipinski definition) is 2.